The smallest absolute Gasteiger partial charge is 0.330 e. The van der Waals surface area contributed by atoms with Gasteiger partial charge in [-0.3, -0.25) is 14.8 Å². The van der Waals surface area contributed by atoms with Gasteiger partial charge in [0.15, 0.2) is 0 Å². The topological polar surface area (TPSA) is 123 Å². The molecular weight excluding hydrogens is 406 g/mol. The van der Waals surface area contributed by atoms with Crippen molar-refractivity contribution in [3.05, 3.63) is 52.6 Å². The van der Waals surface area contributed by atoms with Crippen molar-refractivity contribution in [2.75, 3.05) is 38.0 Å². The summed E-state index contributed by atoms with van der Waals surface area (Å²) in [6, 6.07) is 9.83. The zero-order chi connectivity index (χ0) is 22.0. The number of amides is 2. The van der Waals surface area contributed by atoms with Crippen molar-refractivity contribution >= 4 is 11.8 Å². The molecule has 0 spiro atoms. The highest BCUT2D eigenvalue weighted by Crippen LogP contribution is 2.50. The molecule has 2 aliphatic heterocycles. The van der Waals surface area contributed by atoms with Crippen LogP contribution in [-0.2, 0) is 6.54 Å². The van der Waals surface area contributed by atoms with Gasteiger partial charge in [-0.2, -0.15) is 4.98 Å². The summed E-state index contributed by atoms with van der Waals surface area (Å²) in [4.78, 5) is 33.3. The van der Waals surface area contributed by atoms with Gasteiger partial charge in [0.05, 0.1) is 5.69 Å². The van der Waals surface area contributed by atoms with Crippen LogP contribution < -0.4 is 22.5 Å². The van der Waals surface area contributed by atoms with Crippen molar-refractivity contribution in [2.24, 2.45) is 41.1 Å². The molecule has 2 aliphatic carbocycles. The monoisotopic (exact) mass is 435 g/mol. The van der Waals surface area contributed by atoms with Crippen LogP contribution in [0.3, 0.4) is 0 Å². The fraction of sp³-hybridized carbons (Fsp3) is 0.522. The number of aromatic nitrogens is 2. The van der Waals surface area contributed by atoms with E-state index in [1.807, 2.05) is 12.1 Å². The van der Waals surface area contributed by atoms with Crippen molar-refractivity contribution < 1.29 is 4.79 Å². The van der Waals surface area contributed by atoms with Gasteiger partial charge in [0, 0.05) is 45.0 Å². The summed E-state index contributed by atoms with van der Waals surface area (Å²) in [5, 5.41) is 2.75. The summed E-state index contributed by atoms with van der Waals surface area (Å²) in [6.45, 7) is 5.22. The van der Waals surface area contributed by atoms with Gasteiger partial charge in [-0.15, -0.1) is 0 Å². The molecule has 6 rings (SSSR count). The molecule has 9 nitrogen and oxygen atoms in total. The number of urea groups is 1. The molecule has 6 atom stereocenters. The molecule has 2 aromatic rings. The third kappa shape index (κ3) is 3.41. The SMILES string of the molecule is NCC1[C@H]2CN(C(=O)Nc3ccn(-c4ccc(CN5C[C@@H]6C(N)[C@@H]6C5)cc4)c(=O)n3)C[C@@H]12. The molecule has 4 fully saturated rings. The van der Waals surface area contributed by atoms with Crippen molar-refractivity contribution in [1.82, 2.24) is 19.4 Å². The Kier molecular flexibility index (Phi) is 4.60. The van der Waals surface area contributed by atoms with Crippen LogP contribution in [0.15, 0.2) is 41.3 Å². The Labute approximate surface area is 186 Å². The van der Waals surface area contributed by atoms with Gasteiger partial charge < -0.3 is 16.4 Å². The minimum absolute atomic E-state index is 0.206. The Hall–Kier alpha value is -2.75. The normalized spacial score (nSPS) is 32.5. The fourth-order valence-corrected chi connectivity index (χ4v) is 5.83. The molecule has 1 aromatic heterocycles. The number of hydrogen-bond acceptors (Lipinski definition) is 6. The molecule has 0 radical (unpaired) electrons. The van der Waals surface area contributed by atoms with Crippen molar-refractivity contribution in [3.63, 3.8) is 0 Å². The molecule has 32 heavy (non-hydrogen) atoms. The average Bonchev–Trinajstić information content (AvgIpc) is 3.41. The first kappa shape index (κ1) is 19.9. The first-order valence-electron chi connectivity index (χ1n) is 11.4. The Balaban J connectivity index is 1.07. The average molecular weight is 436 g/mol. The number of nitrogens with zero attached hydrogens (tertiary/aromatic N) is 4. The molecule has 4 aliphatic rings. The van der Waals surface area contributed by atoms with Crippen LogP contribution in [0.25, 0.3) is 5.69 Å². The van der Waals surface area contributed by atoms with E-state index in [1.54, 1.807) is 17.2 Å². The summed E-state index contributed by atoms with van der Waals surface area (Å²) in [7, 11) is 0. The maximum Gasteiger partial charge on any atom is 0.354 e. The van der Waals surface area contributed by atoms with Crippen LogP contribution in [0.2, 0.25) is 0 Å². The second kappa shape index (κ2) is 7.40. The van der Waals surface area contributed by atoms with Crippen LogP contribution in [0.5, 0.6) is 0 Å². The lowest BCUT2D eigenvalue weighted by Crippen LogP contribution is -2.36. The molecule has 9 heteroatoms. The standard InChI is InChI=1S/C23H29N7O2/c24-7-15-16-11-29(12-17(15)16)22(31)26-20-5-6-30(23(32)27-20)14-3-1-13(2-4-14)8-28-9-18-19(10-28)21(18)25/h1-6,15-19,21H,7-12,24-25H2,(H,26,27,31,32)/t15?,16-,17+,18-,19+,21?. The molecule has 2 saturated carbocycles. The number of fused-ring (bicyclic) bond motifs is 2. The van der Waals surface area contributed by atoms with Gasteiger partial charge in [-0.05, 0) is 59.9 Å². The van der Waals surface area contributed by atoms with Gasteiger partial charge in [-0.1, -0.05) is 12.1 Å². The number of anilines is 1. The third-order valence-corrected chi connectivity index (χ3v) is 7.93. The number of carbonyl (C=O) groups excluding carboxylic acids is 1. The Bertz CT molecular complexity index is 1080. The molecule has 5 N–H and O–H groups in total. The van der Waals surface area contributed by atoms with Crippen LogP contribution >= 0.6 is 0 Å². The number of benzene rings is 1. The Morgan fingerprint density at radius 1 is 1.03 bits per heavy atom. The molecule has 0 bridgehead atoms. The predicted molar refractivity (Wildman–Crippen MR) is 120 cm³/mol. The zero-order valence-corrected chi connectivity index (χ0v) is 17.9. The second-order valence-corrected chi connectivity index (χ2v) is 9.79. The number of piperidine rings is 2. The molecule has 1 aromatic carbocycles. The van der Waals surface area contributed by atoms with E-state index in [0.29, 0.717) is 42.2 Å². The van der Waals surface area contributed by atoms with E-state index >= 15 is 0 Å². The van der Waals surface area contributed by atoms with E-state index < -0.39 is 5.69 Å². The van der Waals surface area contributed by atoms with E-state index in [-0.39, 0.29) is 11.8 Å². The van der Waals surface area contributed by atoms with Crippen LogP contribution in [0, 0.1) is 29.6 Å². The number of hydrogen-bond donors (Lipinski definition) is 3. The molecule has 2 amide bonds. The largest absolute Gasteiger partial charge is 0.354 e. The number of nitrogens with two attached hydrogens (primary N) is 2. The summed E-state index contributed by atoms with van der Waals surface area (Å²) in [5.74, 6) is 3.25. The highest BCUT2D eigenvalue weighted by atomic mass is 16.2. The highest BCUT2D eigenvalue weighted by Gasteiger charge is 2.55. The van der Waals surface area contributed by atoms with Crippen molar-refractivity contribution in [3.8, 4) is 5.69 Å². The van der Waals surface area contributed by atoms with Gasteiger partial charge in [0.25, 0.3) is 0 Å². The molecule has 2 unspecified atom stereocenters. The van der Waals surface area contributed by atoms with E-state index in [4.69, 9.17) is 11.5 Å². The predicted octanol–water partition coefficient (Wildman–Crippen LogP) is 0.290. The Morgan fingerprint density at radius 2 is 1.72 bits per heavy atom. The van der Waals surface area contributed by atoms with Crippen LogP contribution in [-0.4, -0.2) is 64.1 Å². The third-order valence-electron chi connectivity index (χ3n) is 7.93. The zero-order valence-electron chi connectivity index (χ0n) is 17.9. The van der Waals surface area contributed by atoms with E-state index in [0.717, 1.165) is 38.4 Å². The quantitative estimate of drug-likeness (QED) is 0.621. The van der Waals surface area contributed by atoms with E-state index in [2.05, 4.69) is 27.3 Å². The first-order valence-corrected chi connectivity index (χ1v) is 11.4. The van der Waals surface area contributed by atoms with Gasteiger partial charge in [0.2, 0.25) is 0 Å². The van der Waals surface area contributed by atoms with Gasteiger partial charge in [-0.25, -0.2) is 9.59 Å². The fourth-order valence-electron chi connectivity index (χ4n) is 5.83. The molecule has 2 saturated heterocycles. The second-order valence-electron chi connectivity index (χ2n) is 9.79. The van der Waals surface area contributed by atoms with E-state index in [1.165, 1.54) is 10.1 Å². The molecular formula is C23H29N7O2. The summed E-state index contributed by atoms with van der Waals surface area (Å²) < 4.78 is 1.49. The minimum atomic E-state index is -0.420. The maximum absolute atomic E-state index is 12.6. The van der Waals surface area contributed by atoms with E-state index in [9.17, 15) is 9.59 Å². The Morgan fingerprint density at radius 3 is 2.34 bits per heavy atom. The first-order chi connectivity index (χ1) is 15.5. The van der Waals surface area contributed by atoms with Crippen molar-refractivity contribution in [2.45, 2.75) is 12.6 Å². The van der Waals surface area contributed by atoms with Crippen LogP contribution in [0.1, 0.15) is 5.56 Å². The minimum Gasteiger partial charge on any atom is -0.330 e. The number of carbonyl (C=O) groups is 1. The highest BCUT2D eigenvalue weighted by molar-refractivity contribution is 5.88. The number of likely N-dealkylation sites (tertiary alicyclic amines) is 2. The van der Waals surface area contributed by atoms with Crippen LogP contribution in [0.4, 0.5) is 10.6 Å². The lowest BCUT2D eigenvalue weighted by Gasteiger charge is -2.20. The maximum atomic E-state index is 12.6. The summed E-state index contributed by atoms with van der Waals surface area (Å²) >= 11 is 0. The van der Waals surface area contributed by atoms with Crippen molar-refractivity contribution in [1.29, 1.82) is 0 Å². The van der Waals surface area contributed by atoms with Gasteiger partial charge in [0.1, 0.15) is 5.82 Å². The van der Waals surface area contributed by atoms with Gasteiger partial charge >= 0.3 is 11.7 Å². The summed E-state index contributed by atoms with van der Waals surface area (Å²) in [5.41, 5.74) is 13.3. The number of rotatable bonds is 5. The molecule has 3 heterocycles. The summed E-state index contributed by atoms with van der Waals surface area (Å²) in [6.07, 6.45) is 1.65. The lowest BCUT2D eigenvalue weighted by atomic mass is 10.2. The molecule has 168 valence electrons. The lowest BCUT2D eigenvalue weighted by molar-refractivity contribution is 0.214. The number of nitrogens with one attached hydrogen (secondary N) is 1.